The molecule has 1 aliphatic carbocycles. The molecule has 1 atom stereocenters. The zero-order valence-electron chi connectivity index (χ0n) is 11.2. The van der Waals surface area contributed by atoms with E-state index in [-0.39, 0.29) is 6.04 Å². The average Bonchev–Trinajstić information content (AvgIpc) is 2.86. The molecule has 1 unspecified atom stereocenters. The van der Waals surface area contributed by atoms with E-state index in [2.05, 4.69) is 6.07 Å². The van der Waals surface area contributed by atoms with Gasteiger partial charge >= 0.3 is 0 Å². The molecule has 2 aromatic rings. The van der Waals surface area contributed by atoms with Gasteiger partial charge in [0.15, 0.2) is 0 Å². The lowest BCUT2D eigenvalue weighted by Crippen LogP contribution is -2.12. The quantitative estimate of drug-likeness (QED) is 0.904. The summed E-state index contributed by atoms with van der Waals surface area (Å²) in [5.74, 6) is -1.06. The van der Waals surface area contributed by atoms with Gasteiger partial charge in [-0.25, -0.2) is 8.78 Å². The van der Waals surface area contributed by atoms with Gasteiger partial charge in [-0.2, -0.15) is 0 Å². The van der Waals surface area contributed by atoms with Crippen molar-refractivity contribution in [2.75, 3.05) is 0 Å². The van der Waals surface area contributed by atoms with E-state index in [1.165, 1.54) is 35.4 Å². The fourth-order valence-electron chi connectivity index (χ4n) is 2.72. The van der Waals surface area contributed by atoms with Crippen LogP contribution in [0.5, 0.6) is 0 Å². The molecule has 1 aromatic heterocycles. The molecule has 106 valence electrons. The third-order valence-corrected chi connectivity index (χ3v) is 5.21. The maximum absolute atomic E-state index is 13.7. The minimum absolute atomic E-state index is 0.217. The van der Waals surface area contributed by atoms with Crippen LogP contribution in [0.1, 0.15) is 39.8 Å². The van der Waals surface area contributed by atoms with Gasteiger partial charge in [-0.1, -0.05) is 6.07 Å². The van der Waals surface area contributed by atoms with Crippen LogP contribution in [-0.2, 0) is 19.3 Å². The highest BCUT2D eigenvalue weighted by Crippen LogP contribution is 2.33. The van der Waals surface area contributed by atoms with Crippen LogP contribution in [0.25, 0.3) is 0 Å². The lowest BCUT2D eigenvalue weighted by molar-refractivity contribution is 0.564. The van der Waals surface area contributed by atoms with Crippen molar-refractivity contribution in [3.05, 3.63) is 56.8 Å². The van der Waals surface area contributed by atoms with E-state index in [1.807, 2.05) is 0 Å². The molecule has 1 nitrogen and oxygen atoms in total. The van der Waals surface area contributed by atoms with Crippen molar-refractivity contribution in [1.82, 2.24) is 0 Å². The van der Waals surface area contributed by atoms with Crippen molar-refractivity contribution in [2.45, 2.75) is 38.1 Å². The van der Waals surface area contributed by atoms with Crippen LogP contribution >= 0.6 is 11.3 Å². The number of hydrogen-bond donors (Lipinski definition) is 1. The summed E-state index contributed by atoms with van der Waals surface area (Å²) in [5.41, 5.74) is 8.08. The molecule has 2 N–H and O–H groups in total. The van der Waals surface area contributed by atoms with E-state index in [1.54, 1.807) is 11.3 Å². The zero-order chi connectivity index (χ0) is 14.1. The Labute approximate surface area is 121 Å². The highest BCUT2D eigenvalue weighted by Gasteiger charge is 2.18. The minimum atomic E-state index is -0.550. The SMILES string of the molecule is NC(Cc1ccc(F)cc1F)c1cc2c(s1)CCCC2. The van der Waals surface area contributed by atoms with Crippen LogP contribution in [0.15, 0.2) is 24.3 Å². The Morgan fingerprint density at radius 3 is 2.70 bits per heavy atom. The molecule has 0 bridgehead atoms. The molecular weight excluding hydrogens is 276 g/mol. The first-order valence-corrected chi connectivity index (χ1v) is 7.76. The molecular formula is C16H17F2NS. The Morgan fingerprint density at radius 1 is 1.15 bits per heavy atom. The molecule has 0 spiro atoms. The van der Waals surface area contributed by atoms with Gasteiger partial charge in [0, 0.05) is 21.9 Å². The van der Waals surface area contributed by atoms with E-state index in [4.69, 9.17) is 5.73 Å². The Kier molecular flexibility index (Phi) is 3.85. The van der Waals surface area contributed by atoms with Gasteiger partial charge in [0.2, 0.25) is 0 Å². The summed E-state index contributed by atoms with van der Waals surface area (Å²) in [5, 5.41) is 0. The second-order valence-corrected chi connectivity index (χ2v) is 6.52. The van der Waals surface area contributed by atoms with Gasteiger partial charge in [-0.05, 0) is 55.4 Å². The molecule has 1 heterocycles. The standard InChI is InChI=1S/C16H17F2NS/c17-12-6-5-10(13(18)9-12)7-14(19)16-8-11-3-1-2-4-15(11)20-16/h5-6,8-9,14H,1-4,7,19H2. The van der Waals surface area contributed by atoms with Gasteiger partial charge in [0.25, 0.3) is 0 Å². The van der Waals surface area contributed by atoms with Gasteiger partial charge in [-0.3, -0.25) is 0 Å². The van der Waals surface area contributed by atoms with E-state index >= 15 is 0 Å². The minimum Gasteiger partial charge on any atom is -0.323 e. The van der Waals surface area contributed by atoms with Crippen LogP contribution in [0.2, 0.25) is 0 Å². The number of hydrogen-bond acceptors (Lipinski definition) is 2. The van der Waals surface area contributed by atoms with Crippen molar-refractivity contribution < 1.29 is 8.78 Å². The highest BCUT2D eigenvalue weighted by molar-refractivity contribution is 7.12. The third-order valence-electron chi connectivity index (χ3n) is 3.84. The lowest BCUT2D eigenvalue weighted by Gasteiger charge is -2.10. The maximum atomic E-state index is 13.7. The van der Waals surface area contributed by atoms with Gasteiger partial charge < -0.3 is 5.73 Å². The van der Waals surface area contributed by atoms with Crippen molar-refractivity contribution in [2.24, 2.45) is 5.73 Å². The van der Waals surface area contributed by atoms with E-state index in [0.717, 1.165) is 23.8 Å². The first-order valence-electron chi connectivity index (χ1n) is 6.94. The molecule has 0 radical (unpaired) electrons. The van der Waals surface area contributed by atoms with Gasteiger partial charge in [0.05, 0.1) is 0 Å². The molecule has 0 aliphatic heterocycles. The van der Waals surface area contributed by atoms with Crippen LogP contribution in [0.4, 0.5) is 8.78 Å². The Bertz CT molecular complexity index is 597. The number of halogens is 2. The second kappa shape index (κ2) is 5.62. The van der Waals surface area contributed by atoms with E-state index in [9.17, 15) is 8.78 Å². The first-order chi connectivity index (χ1) is 9.63. The molecule has 1 aliphatic rings. The largest absolute Gasteiger partial charge is 0.323 e. The summed E-state index contributed by atoms with van der Waals surface area (Å²) in [6.45, 7) is 0. The molecule has 0 fully saturated rings. The zero-order valence-corrected chi connectivity index (χ0v) is 12.0. The number of aryl methyl sites for hydroxylation is 2. The first kappa shape index (κ1) is 13.7. The number of fused-ring (bicyclic) bond motifs is 1. The van der Waals surface area contributed by atoms with E-state index < -0.39 is 11.6 Å². The monoisotopic (exact) mass is 293 g/mol. The highest BCUT2D eigenvalue weighted by atomic mass is 32.1. The van der Waals surface area contributed by atoms with E-state index in [0.29, 0.717) is 12.0 Å². The fraction of sp³-hybridized carbons (Fsp3) is 0.375. The summed E-state index contributed by atoms with van der Waals surface area (Å²) in [6.07, 6.45) is 5.16. The van der Waals surface area contributed by atoms with Crippen LogP contribution in [-0.4, -0.2) is 0 Å². The average molecular weight is 293 g/mol. The van der Waals surface area contributed by atoms with Crippen molar-refractivity contribution >= 4 is 11.3 Å². The van der Waals surface area contributed by atoms with Crippen LogP contribution in [0, 0.1) is 11.6 Å². The third kappa shape index (κ3) is 2.76. The smallest absolute Gasteiger partial charge is 0.129 e. The molecule has 0 amide bonds. The molecule has 0 saturated carbocycles. The lowest BCUT2D eigenvalue weighted by atomic mass is 9.98. The molecule has 20 heavy (non-hydrogen) atoms. The van der Waals surface area contributed by atoms with Crippen molar-refractivity contribution in [3.63, 3.8) is 0 Å². The second-order valence-electron chi connectivity index (χ2n) is 5.35. The summed E-state index contributed by atoms with van der Waals surface area (Å²) in [6, 6.07) is 5.64. The molecule has 4 heteroatoms. The summed E-state index contributed by atoms with van der Waals surface area (Å²) in [7, 11) is 0. The number of benzene rings is 1. The fourth-order valence-corrected chi connectivity index (χ4v) is 3.98. The molecule has 0 saturated heterocycles. The van der Waals surface area contributed by atoms with Crippen molar-refractivity contribution in [3.8, 4) is 0 Å². The predicted octanol–water partition coefficient (Wildman–Crippen LogP) is 4.15. The number of nitrogens with two attached hydrogens (primary N) is 1. The maximum Gasteiger partial charge on any atom is 0.129 e. The Morgan fingerprint density at radius 2 is 1.95 bits per heavy atom. The van der Waals surface area contributed by atoms with Crippen LogP contribution in [0.3, 0.4) is 0 Å². The topological polar surface area (TPSA) is 26.0 Å². The van der Waals surface area contributed by atoms with Gasteiger partial charge in [-0.15, -0.1) is 11.3 Å². The Hall–Kier alpha value is -1.26. The van der Waals surface area contributed by atoms with Crippen molar-refractivity contribution in [1.29, 1.82) is 0 Å². The number of rotatable bonds is 3. The predicted molar refractivity (Wildman–Crippen MR) is 78.0 cm³/mol. The normalized spacial score (nSPS) is 15.9. The molecule has 1 aromatic carbocycles. The summed E-state index contributed by atoms with van der Waals surface area (Å²) in [4.78, 5) is 2.54. The Balaban J connectivity index is 1.78. The van der Waals surface area contributed by atoms with Crippen LogP contribution < -0.4 is 5.73 Å². The summed E-state index contributed by atoms with van der Waals surface area (Å²) >= 11 is 1.75. The number of thiophene rings is 1. The molecule has 3 rings (SSSR count). The van der Waals surface area contributed by atoms with Gasteiger partial charge in [0.1, 0.15) is 11.6 Å². The summed E-state index contributed by atoms with van der Waals surface area (Å²) < 4.78 is 26.6.